The Morgan fingerprint density at radius 2 is 1.79 bits per heavy atom. The van der Waals surface area contributed by atoms with Gasteiger partial charge in [0.1, 0.15) is 5.82 Å². The van der Waals surface area contributed by atoms with E-state index in [0.29, 0.717) is 24.9 Å². The van der Waals surface area contributed by atoms with Crippen molar-refractivity contribution in [3.8, 4) is 5.69 Å². The SMILES string of the molecule is COC(=O)CCc1c(C)nn(-c2ccc(C(=O)NCCCSc3ccc(F)cc3)cc2)c1C. The number of carbonyl (C=O) groups is 2. The zero-order valence-electron chi connectivity index (χ0n) is 19.1. The molecule has 0 aliphatic rings. The first-order valence-electron chi connectivity index (χ1n) is 10.8. The van der Waals surface area contributed by atoms with Crippen LogP contribution >= 0.6 is 11.8 Å². The van der Waals surface area contributed by atoms with Gasteiger partial charge in [-0.05, 0) is 86.5 Å². The molecule has 1 aromatic heterocycles. The number of carbonyl (C=O) groups excluding carboxylic acids is 2. The highest BCUT2D eigenvalue weighted by Crippen LogP contribution is 2.21. The number of aryl methyl sites for hydroxylation is 1. The fourth-order valence-electron chi connectivity index (χ4n) is 3.47. The molecule has 0 spiro atoms. The second-order valence-electron chi connectivity index (χ2n) is 7.60. The van der Waals surface area contributed by atoms with Crippen molar-refractivity contribution in [1.82, 2.24) is 15.1 Å². The molecule has 33 heavy (non-hydrogen) atoms. The number of amides is 1. The normalized spacial score (nSPS) is 10.8. The van der Waals surface area contributed by atoms with Crippen molar-refractivity contribution in [2.24, 2.45) is 0 Å². The number of rotatable bonds is 10. The number of nitrogens with zero attached hydrogens (tertiary/aromatic N) is 2. The van der Waals surface area contributed by atoms with E-state index in [9.17, 15) is 14.0 Å². The van der Waals surface area contributed by atoms with Gasteiger partial charge in [0, 0.05) is 29.1 Å². The molecule has 2 aromatic carbocycles. The summed E-state index contributed by atoms with van der Waals surface area (Å²) >= 11 is 1.63. The number of esters is 1. The number of halogens is 1. The summed E-state index contributed by atoms with van der Waals surface area (Å²) in [5.74, 6) is 0.224. The van der Waals surface area contributed by atoms with Gasteiger partial charge < -0.3 is 10.1 Å². The minimum atomic E-state index is -0.244. The first-order valence-corrected chi connectivity index (χ1v) is 11.8. The van der Waals surface area contributed by atoms with E-state index < -0.39 is 0 Å². The molecule has 0 unspecified atom stereocenters. The van der Waals surface area contributed by atoms with Crippen molar-refractivity contribution in [1.29, 1.82) is 0 Å². The Hall–Kier alpha value is -3.13. The molecule has 3 aromatic rings. The zero-order chi connectivity index (χ0) is 23.8. The Labute approximate surface area is 197 Å². The molecular weight excluding hydrogens is 441 g/mol. The van der Waals surface area contributed by atoms with E-state index in [4.69, 9.17) is 4.74 Å². The highest BCUT2D eigenvalue weighted by molar-refractivity contribution is 7.99. The lowest BCUT2D eigenvalue weighted by Gasteiger charge is -2.08. The van der Waals surface area contributed by atoms with Gasteiger partial charge in [0.25, 0.3) is 5.91 Å². The van der Waals surface area contributed by atoms with E-state index >= 15 is 0 Å². The van der Waals surface area contributed by atoms with Crippen LogP contribution in [0.15, 0.2) is 53.4 Å². The summed E-state index contributed by atoms with van der Waals surface area (Å²) in [6, 6.07) is 13.7. The summed E-state index contributed by atoms with van der Waals surface area (Å²) in [5.41, 5.74) is 4.30. The van der Waals surface area contributed by atoms with Crippen LogP contribution in [0, 0.1) is 19.7 Å². The Morgan fingerprint density at radius 1 is 1.09 bits per heavy atom. The summed E-state index contributed by atoms with van der Waals surface area (Å²) in [4.78, 5) is 24.9. The molecular formula is C25H28FN3O3S. The minimum Gasteiger partial charge on any atom is -0.469 e. The van der Waals surface area contributed by atoms with E-state index in [1.54, 1.807) is 36.0 Å². The van der Waals surface area contributed by atoms with Crippen LogP contribution in [0.4, 0.5) is 4.39 Å². The van der Waals surface area contributed by atoms with Gasteiger partial charge in [-0.2, -0.15) is 5.10 Å². The van der Waals surface area contributed by atoms with Crippen LogP contribution in [0.3, 0.4) is 0 Å². The lowest BCUT2D eigenvalue weighted by Crippen LogP contribution is -2.24. The molecule has 3 rings (SSSR count). The van der Waals surface area contributed by atoms with Gasteiger partial charge in [0.15, 0.2) is 0 Å². The Kier molecular flexibility index (Phi) is 8.65. The molecule has 8 heteroatoms. The third kappa shape index (κ3) is 6.68. The smallest absolute Gasteiger partial charge is 0.305 e. The first-order chi connectivity index (χ1) is 15.9. The lowest BCUT2D eigenvalue weighted by atomic mass is 10.1. The van der Waals surface area contributed by atoms with Crippen molar-refractivity contribution in [2.75, 3.05) is 19.4 Å². The molecule has 1 N–H and O–H groups in total. The van der Waals surface area contributed by atoms with Gasteiger partial charge in [-0.25, -0.2) is 9.07 Å². The highest BCUT2D eigenvalue weighted by atomic mass is 32.2. The molecule has 0 radical (unpaired) electrons. The van der Waals surface area contributed by atoms with Crippen molar-refractivity contribution in [3.63, 3.8) is 0 Å². The van der Waals surface area contributed by atoms with Crippen LogP contribution in [0.2, 0.25) is 0 Å². The minimum absolute atomic E-state index is 0.125. The number of hydrogen-bond acceptors (Lipinski definition) is 5. The fraction of sp³-hybridized carbons (Fsp3) is 0.320. The second-order valence-corrected chi connectivity index (χ2v) is 8.76. The van der Waals surface area contributed by atoms with Crippen molar-refractivity contribution in [3.05, 3.63) is 76.9 Å². The van der Waals surface area contributed by atoms with E-state index in [0.717, 1.165) is 39.7 Å². The quantitative estimate of drug-likeness (QED) is 0.266. The topological polar surface area (TPSA) is 73.2 Å². The molecule has 0 bridgehead atoms. The number of thioether (sulfide) groups is 1. The van der Waals surface area contributed by atoms with Crippen LogP contribution in [-0.4, -0.2) is 41.1 Å². The largest absolute Gasteiger partial charge is 0.469 e. The number of benzene rings is 2. The second kappa shape index (κ2) is 11.7. The number of hydrogen-bond donors (Lipinski definition) is 1. The maximum Gasteiger partial charge on any atom is 0.305 e. The van der Waals surface area contributed by atoms with E-state index in [-0.39, 0.29) is 17.7 Å². The summed E-state index contributed by atoms with van der Waals surface area (Å²) in [5, 5.41) is 7.53. The predicted molar refractivity (Wildman–Crippen MR) is 127 cm³/mol. The molecule has 1 heterocycles. The third-order valence-corrected chi connectivity index (χ3v) is 6.41. The predicted octanol–water partition coefficient (Wildman–Crippen LogP) is 4.65. The van der Waals surface area contributed by atoms with E-state index in [1.165, 1.54) is 19.2 Å². The fourth-order valence-corrected chi connectivity index (χ4v) is 4.32. The Balaban J connectivity index is 1.51. The lowest BCUT2D eigenvalue weighted by molar-refractivity contribution is -0.140. The molecule has 0 aliphatic carbocycles. The number of aromatic nitrogens is 2. The number of methoxy groups -OCH3 is 1. The van der Waals surface area contributed by atoms with Crippen LogP contribution < -0.4 is 5.32 Å². The third-order valence-electron chi connectivity index (χ3n) is 5.31. The standard InChI is InChI=1S/C25H28FN3O3S/c1-17-23(13-14-24(30)32-3)18(2)29(28-17)21-9-5-19(6-10-21)25(31)27-15-4-16-33-22-11-7-20(26)8-12-22/h5-12H,4,13-16H2,1-3H3,(H,27,31). The monoisotopic (exact) mass is 469 g/mol. The summed E-state index contributed by atoms with van der Waals surface area (Å²) in [6.07, 6.45) is 1.70. The summed E-state index contributed by atoms with van der Waals surface area (Å²) in [6.45, 7) is 4.46. The van der Waals surface area contributed by atoms with Crippen LogP contribution in [-0.2, 0) is 16.0 Å². The van der Waals surface area contributed by atoms with Crippen LogP contribution in [0.1, 0.15) is 40.2 Å². The molecule has 0 fully saturated rings. The van der Waals surface area contributed by atoms with Gasteiger partial charge in [-0.3, -0.25) is 9.59 Å². The summed E-state index contributed by atoms with van der Waals surface area (Å²) in [7, 11) is 1.39. The van der Waals surface area contributed by atoms with Gasteiger partial charge in [-0.15, -0.1) is 11.8 Å². The van der Waals surface area contributed by atoms with Crippen molar-refractivity contribution < 1.29 is 18.7 Å². The van der Waals surface area contributed by atoms with Gasteiger partial charge in [0.2, 0.25) is 0 Å². The van der Waals surface area contributed by atoms with Crippen LogP contribution in [0.5, 0.6) is 0 Å². The molecule has 174 valence electrons. The molecule has 0 atom stereocenters. The summed E-state index contributed by atoms with van der Waals surface area (Å²) < 4.78 is 19.5. The van der Waals surface area contributed by atoms with Crippen molar-refractivity contribution in [2.45, 2.75) is 38.0 Å². The molecule has 0 saturated carbocycles. The Bertz CT molecular complexity index is 1100. The molecule has 1 amide bonds. The maximum atomic E-state index is 12.9. The number of nitrogens with one attached hydrogen (secondary N) is 1. The van der Waals surface area contributed by atoms with E-state index in [1.807, 2.05) is 30.7 Å². The average molecular weight is 470 g/mol. The van der Waals surface area contributed by atoms with Gasteiger partial charge in [0.05, 0.1) is 18.5 Å². The first kappa shape index (κ1) is 24.5. The van der Waals surface area contributed by atoms with E-state index in [2.05, 4.69) is 10.4 Å². The Morgan fingerprint density at radius 3 is 2.45 bits per heavy atom. The van der Waals surface area contributed by atoms with Crippen LogP contribution in [0.25, 0.3) is 5.69 Å². The number of ether oxygens (including phenoxy) is 1. The maximum absolute atomic E-state index is 12.9. The zero-order valence-corrected chi connectivity index (χ0v) is 19.9. The van der Waals surface area contributed by atoms with Gasteiger partial charge >= 0.3 is 5.97 Å². The molecule has 0 saturated heterocycles. The highest BCUT2D eigenvalue weighted by Gasteiger charge is 2.15. The average Bonchev–Trinajstić information content (AvgIpc) is 3.11. The molecule has 0 aliphatic heterocycles. The van der Waals surface area contributed by atoms with Gasteiger partial charge in [-0.1, -0.05) is 0 Å². The van der Waals surface area contributed by atoms with Crippen molar-refractivity contribution >= 4 is 23.6 Å². The molecule has 6 nitrogen and oxygen atoms in total.